The van der Waals surface area contributed by atoms with Crippen molar-refractivity contribution in [2.24, 2.45) is 17.3 Å². The van der Waals surface area contributed by atoms with E-state index in [1.165, 1.54) is 17.5 Å². The van der Waals surface area contributed by atoms with Gasteiger partial charge >= 0.3 is 0 Å². The minimum absolute atomic E-state index is 0.00270. The fourth-order valence-electron chi connectivity index (χ4n) is 5.21. The van der Waals surface area contributed by atoms with E-state index >= 15 is 0 Å². The van der Waals surface area contributed by atoms with Crippen LogP contribution in [0.5, 0.6) is 0 Å². The van der Waals surface area contributed by atoms with Crippen LogP contribution in [0, 0.1) is 17.3 Å². The summed E-state index contributed by atoms with van der Waals surface area (Å²) in [4.78, 5) is 27.1. The lowest BCUT2D eigenvalue weighted by Crippen LogP contribution is -2.57. The van der Waals surface area contributed by atoms with Crippen LogP contribution in [0.2, 0.25) is 0 Å². The Morgan fingerprint density at radius 3 is 2.43 bits per heavy atom. The zero-order chi connectivity index (χ0) is 16.4. The third-order valence-electron chi connectivity index (χ3n) is 6.72. The number of benzene rings is 1. The van der Waals surface area contributed by atoms with Gasteiger partial charge in [-0.1, -0.05) is 38.1 Å². The van der Waals surface area contributed by atoms with Crippen LogP contribution in [0.25, 0.3) is 0 Å². The summed E-state index contributed by atoms with van der Waals surface area (Å²) >= 11 is 0. The molecule has 4 aliphatic rings. The van der Waals surface area contributed by atoms with E-state index < -0.39 is 0 Å². The van der Waals surface area contributed by atoms with Crippen LogP contribution < -0.4 is 0 Å². The Bertz CT molecular complexity index is 678. The average molecular weight is 311 g/mol. The van der Waals surface area contributed by atoms with Crippen LogP contribution in [0.4, 0.5) is 0 Å². The highest BCUT2D eigenvalue weighted by atomic mass is 16.2. The molecule has 1 amide bonds. The molecule has 0 aromatic heterocycles. The van der Waals surface area contributed by atoms with E-state index in [-0.39, 0.29) is 35.0 Å². The number of carbonyl (C=O) groups is 2. The number of amides is 1. The molecule has 2 bridgehead atoms. The second-order valence-electron chi connectivity index (χ2n) is 8.18. The molecule has 1 aromatic rings. The molecule has 2 aliphatic heterocycles. The van der Waals surface area contributed by atoms with Gasteiger partial charge in [0.25, 0.3) is 0 Å². The number of hydrogen-bond donors (Lipinski definition) is 0. The standard InChI is InChI=1S/C20H25NO2/c1-12(22)16-10-17(20(16,2)3)19(23)21-11-13-8-9-18(21)15-7-5-4-6-14(13)15/h4-7,13,16-18H,8-11H2,1-3H3/t13-,16+,17-,18+/m1/s1. The third kappa shape index (κ3) is 2.02. The number of piperidine rings is 1. The lowest BCUT2D eigenvalue weighted by molar-refractivity contribution is -0.160. The van der Waals surface area contributed by atoms with Crippen molar-refractivity contribution in [2.45, 2.75) is 52.0 Å². The summed E-state index contributed by atoms with van der Waals surface area (Å²) in [5.41, 5.74) is 2.60. The Morgan fingerprint density at radius 2 is 1.78 bits per heavy atom. The molecule has 1 saturated carbocycles. The number of carbonyl (C=O) groups excluding carboxylic acids is 2. The van der Waals surface area contributed by atoms with E-state index in [1.807, 2.05) is 0 Å². The van der Waals surface area contributed by atoms with Crippen LogP contribution in [-0.2, 0) is 9.59 Å². The Hall–Kier alpha value is -1.64. The molecule has 4 atom stereocenters. The highest BCUT2D eigenvalue weighted by molar-refractivity contribution is 5.87. The molecule has 1 saturated heterocycles. The molecule has 1 aromatic carbocycles. The van der Waals surface area contributed by atoms with Gasteiger partial charge in [-0.05, 0) is 42.7 Å². The lowest BCUT2D eigenvalue weighted by Gasteiger charge is -2.54. The lowest BCUT2D eigenvalue weighted by atomic mass is 9.53. The largest absolute Gasteiger partial charge is 0.335 e. The number of rotatable bonds is 2. The van der Waals surface area contributed by atoms with Crippen LogP contribution >= 0.6 is 0 Å². The Balaban J connectivity index is 1.59. The van der Waals surface area contributed by atoms with Gasteiger partial charge in [0.1, 0.15) is 5.78 Å². The van der Waals surface area contributed by atoms with E-state index in [0.717, 1.165) is 19.4 Å². The summed E-state index contributed by atoms with van der Waals surface area (Å²) in [6.07, 6.45) is 3.00. The maximum Gasteiger partial charge on any atom is 0.226 e. The molecule has 0 unspecified atom stereocenters. The first-order chi connectivity index (χ1) is 10.9. The molecule has 5 rings (SSSR count). The predicted octanol–water partition coefficient (Wildman–Crippen LogP) is 3.70. The van der Waals surface area contributed by atoms with Crippen molar-refractivity contribution in [1.29, 1.82) is 0 Å². The van der Waals surface area contributed by atoms with Gasteiger partial charge in [0.05, 0.1) is 6.04 Å². The van der Waals surface area contributed by atoms with Gasteiger partial charge in [-0.25, -0.2) is 0 Å². The van der Waals surface area contributed by atoms with Gasteiger partial charge in [-0.15, -0.1) is 0 Å². The Labute approximate surface area is 138 Å². The molecule has 2 heterocycles. The fraction of sp³-hybridized carbons (Fsp3) is 0.600. The molecular weight excluding hydrogens is 286 g/mol. The van der Waals surface area contributed by atoms with Crippen molar-refractivity contribution >= 4 is 11.7 Å². The first-order valence-corrected chi connectivity index (χ1v) is 8.81. The van der Waals surface area contributed by atoms with Crippen molar-refractivity contribution in [2.75, 3.05) is 6.54 Å². The molecule has 0 spiro atoms. The predicted molar refractivity (Wildman–Crippen MR) is 88.9 cm³/mol. The molecule has 0 N–H and O–H groups in total. The van der Waals surface area contributed by atoms with Crippen molar-refractivity contribution in [3.8, 4) is 0 Å². The third-order valence-corrected chi connectivity index (χ3v) is 6.72. The van der Waals surface area contributed by atoms with E-state index in [9.17, 15) is 9.59 Å². The summed E-state index contributed by atoms with van der Waals surface area (Å²) in [6, 6.07) is 8.86. The molecule has 0 radical (unpaired) electrons. The number of fused-ring (bicyclic) bond motifs is 2. The highest BCUT2D eigenvalue weighted by Crippen LogP contribution is 2.55. The summed E-state index contributed by atoms with van der Waals surface area (Å²) in [5.74, 6) is 1.04. The maximum atomic E-state index is 13.2. The second kappa shape index (κ2) is 4.93. The van der Waals surface area contributed by atoms with Gasteiger partial charge in [0.2, 0.25) is 5.91 Å². The first-order valence-electron chi connectivity index (χ1n) is 8.81. The Kier molecular flexibility index (Phi) is 3.20. The van der Waals surface area contributed by atoms with Crippen molar-refractivity contribution < 1.29 is 9.59 Å². The minimum Gasteiger partial charge on any atom is -0.335 e. The second-order valence-corrected chi connectivity index (χ2v) is 8.18. The SMILES string of the molecule is CC(=O)[C@@H]1C[C@H](C(=O)N2C[C@H]3CC[C@H]2c2ccccc23)C1(C)C. The molecule has 23 heavy (non-hydrogen) atoms. The molecule has 122 valence electrons. The van der Waals surface area contributed by atoms with Crippen molar-refractivity contribution in [3.05, 3.63) is 35.4 Å². The summed E-state index contributed by atoms with van der Waals surface area (Å²) in [7, 11) is 0. The van der Waals surface area contributed by atoms with Gasteiger partial charge in [-0.3, -0.25) is 9.59 Å². The first kappa shape index (κ1) is 14.9. The topological polar surface area (TPSA) is 37.4 Å². The van der Waals surface area contributed by atoms with Crippen molar-refractivity contribution in [1.82, 2.24) is 4.90 Å². The summed E-state index contributed by atoms with van der Waals surface area (Å²) < 4.78 is 0. The van der Waals surface area contributed by atoms with Crippen LogP contribution in [0.15, 0.2) is 24.3 Å². The molecule has 3 heteroatoms. The average Bonchev–Trinajstić information content (AvgIpc) is 2.54. The number of hydrogen-bond acceptors (Lipinski definition) is 2. The van der Waals surface area contributed by atoms with Crippen LogP contribution in [0.1, 0.15) is 63.1 Å². The highest BCUT2D eigenvalue weighted by Gasteiger charge is 2.56. The molecule has 2 fully saturated rings. The maximum absolute atomic E-state index is 13.2. The van der Waals surface area contributed by atoms with E-state index in [2.05, 4.69) is 43.0 Å². The van der Waals surface area contributed by atoms with Crippen LogP contribution in [0.3, 0.4) is 0 Å². The molecule has 2 aliphatic carbocycles. The Morgan fingerprint density at radius 1 is 1.09 bits per heavy atom. The quantitative estimate of drug-likeness (QED) is 0.835. The monoisotopic (exact) mass is 311 g/mol. The number of ketones is 1. The summed E-state index contributed by atoms with van der Waals surface area (Å²) in [6.45, 7) is 6.69. The molecule has 3 nitrogen and oxygen atoms in total. The zero-order valence-corrected chi connectivity index (χ0v) is 14.2. The van der Waals surface area contributed by atoms with E-state index in [4.69, 9.17) is 0 Å². The zero-order valence-electron chi connectivity index (χ0n) is 14.2. The number of Topliss-reactive ketones (excluding diaryl/α,β-unsaturated/α-hetero) is 1. The van der Waals surface area contributed by atoms with Crippen molar-refractivity contribution in [3.63, 3.8) is 0 Å². The molecular formula is C20H25NO2. The van der Waals surface area contributed by atoms with E-state index in [1.54, 1.807) is 6.92 Å². The summed E-state index contributed by atoms with van der Waals surface area (Å²) in [5, 5.41) is 0. The van der Waals surface area contributed by atoms with E-state index in [0.29, 0.717) is 5.92 Å². The van der Waals surface area contributed by atoms with Gasteiger partial charge in [-0.2, -0.15) is 0 Å². The fourth-order valence-corrected chi connectivity index (χ4v) is 5.21. The van der Waals surface area contributed by atoms with Gasteiger partial charge < -0.3 is 4.90 Å². The number of nitrogens with zero attached hydrogens (tertiary/aromatic N) is 1. The van der Waals surface area contributed by atoms with Gasteiger partial charge in [0, 0.05) is 24.3 Å². The van der Waals surface area contributed by atoms with Gasteiger partial charge in [0.15, 0.2) is 0 Å². The normalized spacial score (nSPS) is 33.8. The smallest absolute Gasteiger partial charge is 0.226 e. The van der Waals surface area contributed by atoms with Crippen LogP contribution in [-0.4, -0.2) is 23.1 Å². The minimum atomic E-state index is -0.195.